The van der Waals surface area contributed by atoms with E-state index in [0.717, 1.165) is 22.2 Å². The van der Waals surface area contributed by atoms with Gasteiger partial charge in [-0.15, -0.1) is 0 Å². The second-order valence-electron chi connectivity index (χ2n) is 6.73. The van der Waals surface area contributed by atoms with Crippen molar-refractivity contribution in [3.05, 3.63) is 41.6 Å². The summed E-state index contributed by atoms with van der Waals surface area (Å²) in [4.78, 5) is 19.7. The number of nitrogens with zero attached hydrogens (tertiary/aromatic N) is 2. The molecular formula is C19H24N2O2. The summed E-state index contributed by atoms with van der Waals surface area (Å²) < 4.78 is 5.75. The van der Waals surface area contributed by atoms with Crippen LogP contribution in [0.5, 0.6) is 0 Å². The van der Waals surface area contributed by atoms with Gasteiger partial charge in [-0.05, 0) is 31.9 Å². The predicted octanol–water partition coefficient (Wildman–Crippen LogP) is 3.61. The quantitative estimate of drug-likeness (QED) is 0.851. The minimum Gasteiger partial charge on any atom is -0.372 e. The lowest BCUT2D eigenvalue weighted by molar-refractivity contribution is -0.0585. The van der Waals surface area contributed by atoms with Gasteiger partial charge in [-0.1, -0.05) is 32.0 Å². The van der Waals surface area contributed by atoms with Gasteiger partial charge in [-0.25, -0.2) is 0 Å². The van der Waals surface area contributed by atoms with E-state index in [4.69, 9.17) is 9.72 Å². The lowest BCUT2D eigenvalue weighted by atomic mass is 10.0. The maximum atomic E-state index is 13.1. The van der Waals surface area contributed by atoms with Crippen LogP contribution in [0.2, 0.25) is 0 Å². The van der Waals surface area contributed by atoms with E-state index in [-0.39, 0.29) is 24.0 Å². The Hall–Kier alpha value is -1.94. The summed E-state index contributed by atoms with van der Waals surface area (Å²) in [6, 6.07) is 9.84. The van der Waals surface area contributed by atoms with Crippen molar-refractivity contribution in [2.24, 2.45) is 0 Å². The summed E-state index contributed by atoms with van der Waals surface area (Å²) in [7, 11) is 0. The molecule has 1 saturated heterocycles. The van der Waals surface area contributed by atoms with Gasteiger partial charge < -0.3 is 9.64 Å². The highest BCUT2D eigenvalue weighted by Crippen LogP contribution is 2.24. The molecule has 0 N–H and O–H groups in total. The van der Waals surface area contributed by atoms with E-state index in [0.29, 0.717) is 13.1 Å². The number of carbonyl (C=O) groups excluding carboxylic acids is 1. The summed E-state index contributed by atoms with van der Waals surface area (Å²) in [5.41, 5.74) is 2.60. The molecule has 0 radical (unpaired) electrons. The molecule has 2 unspecified atom stereocenters. The van der Waals surface area contributed by atoms with Gasteiger partial charge in [-0.2, -0.15) is 0 Å². The Morgan fingerprint density at radius 3 is 2.52 bits per heavy atom. The largest absolute Gasteiger partial charge is 0.372 e. The van der Waals surface area contributed by atoms with Crippen molar-refractivity contribution in [3.8, 4) is 0 Å². The Kier molecular flexibility index (Phi) is 4.35. The third-order valence-corrected chi connectivity index (χ3v) is 4.26. The Balaban J connectivity index is 2.05. The molecule has 1 aliphatic rings. The fraction of sp³-hybridized carbons (Fsp3) is 0.474. The monoisotopic (exact) mass is 312 g/mol. The number of hydrogen-bond donors (Lipinski definition) is 0. The van der Waals surface area contributed by atoms with Gasteiger partial charge in [-0.3, -0.25) is 9.78 Å². The Morgan fingerprint density at radius 1 is 1.22 bits per heavy atom. The van der Waals surface area contributed by atoms with Gasteiger partial charge in [0.1, 0.15) is 0 Å². The molecule has 4 nitrogen and oxygen atoms in total. The van der Waals surface area contributed by atoms with Crippen LogP contribution in [0.25, 0.3) is 10.9 Å². The summed E-state index contributed by atoms with van der Waals surface area (Å²) >= 11 is 0. The summed E-state index contributed by atoms with van der Waals surface area (Å²) in [6.07, 6.45) is 0.140. The summed E-state index contributed by atoms with van der Waals surface area (Å²) in [5.74, 6) is 0.362. The fourth-order valence-electron chi connectivity index (χ4n) is 3.18. The maximum absolute atomic E-state index is 13.1. The van der Waals surface area contributed by atoms with E-state index in [1.807, 2.05) is 49.1 Å². The highest BCUT2D eigenvalue weighted by molar-refractivity contribution is 6.06. The number of morpholine rings is 1. The van der Waals surface area contributed by atoms with E-state index in [1.165, 1.54) is 0 Å². The molecule has 2 atom stereocenters. The zero-order chi connectivity index (χ0) is 16.6. The molecule has 1 aromatic heterocycles. The number of amides is 1. The average molecular weight is 312 g/mol. The number of benzene rings is 1. The first kappa shape index (κ1) is 15.9. The number of fused-ring (bicyclic) bond motifs is 1. The average Bonchev–Trinajstić information content (AvgIpc) is 2.52. The number of rotatable bonds is 2. The van der Waals surface area contributed by atoms with Gasteiger partial charge >= 0.3 is 0 Å². The van der Waals surface area contributed by atoms with Crippen LogP contribution in [0.4, 0.5) is 0 Å². The highest BCUT2D eigenvalue weighted by Gasteiger charge is 2.28. The minimum atomic E-state index is 0.0698. The number of hydrogen-bond acceptors (Lipinski definition) is 3. The number of carbonyl (C=O) groups is 1. The molecule has 0 saturated carbocycles. The van der Waals surface area contributed by atoms with Gasteiger partial charge in [0.25, 0.3) is 5.91 Å². The van der Waals surface area contributed by atoms with E-state index in [9.17, 15) is 4.79 Å². The molecule has 1 aromatic carbocycles. The van der Waals surface area contributed by atoms with E-state index in [2.05, 4.69) is 13.8 Å². The smallest absolute Gasteiger partial charge is 0.254 e. The topological polar surface area (TPSA) is 42.4 Å². The van der Waals surface area contributed by atoms with Gasteiger partial charge in [0, 0.05) is 24.2 Å². The molecule has 1 amide bonds. The third kappa shape index (κ3) is 3.22. The molecule has 0 aliphatic carbocycles. The van der Waals surface area contributed by atoms with Crippen molar-refractivity contribution in [1.29, 1.82) is 0 Å². The molecule has 2 aromatic rings. The first-order chi connectivity index (χ1) is 11.0. The first-order valence-electron chi connectivity index (χ1n) is 8.30. The van der Waals surface area contributed by atoms with Crippen LogP contribution >= 0.6 is 0 Å². The molecule has 122 valence electrons. The third-order valence-electron chi connectivity index (χ3n) is 4.26. The molecule has 3 rings (SSSR count). The van der Waals surface area contributed by atoms with E-state index >= 15 is 0 Å². The van der Waals surface area contributed by atoms with Crippen LogP contribution in [0.3, 0.4) is 0 Å². The van der Waals surface area contributed by atoms with Crippen LogP contribution in [0.1, 0.15) is 49.7 Å². The van der Waals surface area contributed by atoms with Crippen LogP contribution < -0.4 is 0 Å². The van der Waals surface area contributed by atoms with Crippen LogP contribution in [-0.2, 0) is 4.74 Å². The molecule has 0 spiro atoms. The van der Waals surface area contributed by atoms with Crippen molar-refractivity contribution in [2.75, 3.05) is 13.1 Å². The first-order valence-corrected chi connectivity index (χ1v) is 8.30. The van der Waals surface area contributed by atoms with Crippen molar-refractivity contribution in [2.45, 2.75) is 45.8 Å². The predicted molar refractivity (Wildman–Crippen MR) is 91.7 cm³/mol. The SMILES string of the molecule is CC1CN(C(=O)c2cc(C(C)C)nc3ccccc23)CC(C)O1. The Morgan fingerprint density at radius 2 is 1.87 bits per heavy atom. The normalized spacial score (nSPS) is 21.9. The number of aromatic nitrogens is 1. The minimum absolute atomic E-state index is 0.0698. The zero-order valence-corrected chi connectivity index (χ0v) is 14.2. The van der Waals surface area contributed by atoms with Gasteiger partial charge in [0.05, 0.1) is 23.3 Å². The van der Waals surface area contributed by atoms with Crippen molar-refractivity contribution >= 4 is 16.8 Å². The Bertz CT molecular complexity index is 716. The molecule has 23 heavy (non-hydrogen) atoms. The summed E-state index contributed by atoms with van der Waals surface area (Å²) in [5, 5.41) is 0.925. The summed E-state index contributed by atoms with van der Waals surface area (Å²) in [6.45, 7) is 9.50. The van der Waals surface area contributed by atoms with Crippen molar-refractivity contribution in [1.82, 2.24) is 9.88 Å². The number of pyridine rings is 1. The maximum Gasteiger partial charge on any atom is 0.254 e. The molecule has 0 bridgehead atoms. The number of para-hydroxylation sites is 1. The number of ether oxygens (including phenoxy) is 1. The molecule has 4 heteroatoms. The van der Waals surface area contributed by atoms with Crippen LogP contribution in [-0.4, -0.2) is 41.1 Å². The van der Waals surface area contributed by atoms with Gasteiger partial charge in [0.2, 0.25) is 0 Å². The highest BCUT2D eigenvalue weighted by atomic mass is 16.5. The van der Waals surface area contributed by atoms with E-state index in [1.54, 1.807) is 0 Å². The van der Waals surface area contributed by atoms with Crippen LogP contribution in [0, 0.1) is 0 Å². The second-order valence-corrected chi connectivity index (χ2v) is 6.73. The molecular weight excluding hydrogens is 288 g/mol. The van der Waals surface area contributed by atoms with Crippen LogP contribution in [0.15, 0.2) is 30.3 Å². The fourth-order valence-corrected chi connectivity index (χ4v) is 3.18. The Labute approximate surface area is 137 Å². The standard InChI is InChI=1S/C19H24N2O2/c1-12(2)18-9-16(15-7-5-6-8-17(15)20-18)19(22)21-10-13(3)23-14(4)11-21/h5-9,12-14H,10-11H2,1-4H3. The molecule has 1 aliphatic heterocycles. The van der Waals surface area contributed by atoms with Gasteiger partial charge in [0.15, 0.2) is 0 Å². The molecule has 1 fully saturated rings. The van der Waals surface area contributed by atoms with Crippen molar-refractivity contribution < 1.29 is 9.53 Å². The zero-order valence-electron chi connectivity index (χ0n) is 14.2. The van der Waals surface area contributed by atoms with Crippen molar-refractivity contribution in [3.63, 3.8) is 0 Å². The van der Waals surface area contributed by atoms with E-state index < -0.39 is 0 Å². The lowest BCUT2D eigenvalue weighted by Gasteiger charge is -2.35. The second kappa shape index (κ2) is 6.28. The molecule has 2 heterocycles. The lowest BCUT2D eigenvalue weighted by Crippen LogP contribution is -2.48.